The number of alkyl halides is 3. The molecule has 0 radical (unpaired) electrons. The fraction of sp³-hybridized carbons (Fsp3) is 0.158. The van der Waals surface area contributed by atoms with E-state index in [-0.39, 0.29) is 23.0 Å². The van der Waals surface area contributed by atoms with Gasteiger partial charge in [-0.05, 0) is 12.1 Å². The molecule has 3 heterocycles. The molecule has 0 fully saturated rings. The number of aromatic hydroxyl groups is 1. The van der Waals surface area contributed by atoms with E-state index in [0.717, 1.165) is 6.07 Å². The smallest absolute Gasteiger partial charge is 0.416 e. The number of ether oxygens (including phenoxy) is 1. The van der Waals surface area contributed by atoms with Gasteiger partial charge in [-0.2, -0.15) is 23.1 Å². The van der Waals surface area contributed by atoms with Gasteiger partial charge in [0.25, 0.3) is 0 Å². The third-order valence-corrected chi connectivity index (χ3v) is 4.20. The highest BCUT2D eigenvalue weighted by atomic mass is 19.4. The average molecular weight is 401 g/mol. The molecule has 4 rings (SSSR count). The number of rotatable bonds is 4. The summed E-state index contributed by atoms with van der Waals surface area (Å²) in [6.45, 7) is -0.417. The van der Waals surface area contributed by atoms with Gasteiger partial charge in [-0.3, -0.25) is 4.98 Å². The molecule has 0 spiro atoms. The molecule has 0 amide bonds. The van der Waals surface area contributed by atoms with E-state index in [9.17, 15) is 18.3 Å². The van der Waals surface area contributed by atoms with Crippen LogP contribution in [0, 0.1) is 0 Å². The van der Waals surface area contributed by atoms with Crippen molar-refractivity contribution in [3.63, 3.8) is 0 Å². The van der Waals surface area contributed by atoms with Crippen LogP contribution in [0.25, 0.3) is 22.3 Å². The van der Waals surface area contributed by atoms with Crippen molar-refractivity contribution in [2.45, 2.75) is 12.8 Å². The van der Waals surface area contributed by atoms with E-state index in [0.29, 0.717) is 16.8 Å². The summed E-state index contributed by atoms with van der Waals surface area (Å²) in [5.41, 5.74) is 0.309. The predicted octanol–water partition coefficient (Wildman–Crippen LogP) is 3.73. The number of benzene rings is 1. The van der Waals surface area contributed by atoms with Gasteiger partial charge in [-0.15, -0.1) is 0 Å². The van der Waals surface area contributed by atoms with E-state index >= 15 is 0 Å². The summed E-state index contributed by atoms with van der Waals surface area (Å²) in [5.74, 6) is -0.367. The van der Waals surface area contributed by atoms with Crippen LogP contribution in [-0.2, 0) is 19.8 Å². The summed E-state index contributed by atoms with van der Waals surface area (Å²) in [6.07, 6.45) is 0.279. The first kappa shape index (κ1) is 18.7. The van der Waals surface area contributed by atoms with Crippen LogP contribution in [0.3, 0.4) is 0 Å². The van der Waals surface area contributed by atoms with E-state index in [1.54, 1.807) is 24.1 Å². The second-order valence-corrected chi connectivity index (χ2v) is 6.25. The number of fused-ring (bicyclic) bond motifs is 1. The lowest BCUT2D eigenvalue weighted by molar-refractivity contribution is -0.138. The first-order valence-electron chi connectivity index (χ1n) is 8.45. The zero-order valence-corrected chi connectivity index (χ0v) is 15.1. The van der Waals surface area contributed by atoms with Gasteiger partial charge >= 0.3 is 12.2 Å². The molecule has 4 aromatic rings. The molecule has 148 valence electrons. The van der Waals surface area contributed by atoms with Crippen LogP contribution in [0.15, 0.2) is 49.1 Å². The molecule has 10 heteroatoms. The summed E-state index contributed by atoms with van der Waals surface area (Å²) in [5, 5.41) is 10.6. The molecule has 29 heavy (non-hydrogen) atoms. The normalized spacial score (nSPS) is 11.7. The van der Waals surface area contributed by atoms with Gasteiger partial charge < -0.3 is 14.4 Å². The summed E-state index contributed by atoms with van der Waals surface area (Å²) < 4.78 is 46.5. The van der Waals surface area contributed by atoms with Crippen molar-refractivity contribution < 1.29 is 23.0 Å². The largest absolute Gasteiger partial charge is 0.493 e. The summed E-state index contributed by atoms with van der Waals surface area (Å²) in [6, 6.07) is 6.33. The van der Waals surface area contributed by atoms with Crippen LogP contribution in [-0.4, -0.2) is 29.6 Å². The lowest BCUT2D eigenvalue weighted by atomic mass is 10.1. The zero-order valence-electron chi connectivity index (χ0n) is 15.1. The zero-order chi connectivity index (χ0) is 20.6. The highest BCUT2D eigenvalue weighted by Crippen LogP contribution is 2.33. The van der Waals surface area contributed by atoms with E-state index in [2.05, 4.69) is 19.9 Å². The molecule has 0 unspecified atom stereocenters. The molecule has 0 aliphatic carbocycles. The minimum absolute atomic E-state index is 0.0701. The Labute approximate surface area is 162 Å². The van der Waals surface area contributed by atoms with Crippen molar-refractivity contribution >= 4 is 10.9 Å². The molecule has 1 aromatic carbocycles. The van der Waals surface area contributed by atoms with Crippen molar-refractivity contribution in [3.8, 4) is 23.3 Å². The molecule has 0 saturated carbocycles. The summed E-state index contributed by atoms with van der Waals surface area (Å²) in [4.78, 5) is 16.6. The maximum atomic E-state index is 13.1. The second kappa shape index (κ2) is 7.04. The quantitative estimate of drug-likeness (QED) is 0.561. The number of aryl methyl sites for hydroxylation is 1. The lowest BCUT2D eigenvalue weighted by Gasteiger charge is -2.13. The van der Waals surface area contributed by atoms with Gasteiger partial charge in [0.1, 0.15) is 23.5 Å². The lowest BCUT2D eigenvalue weighted by Crippen LogP contribution is -2.11. The van der Waals surface area contributed by atoms with E-state index in [1.807, 2.05) is 0 Å². The van der Waals surface area contributed by atoms with Crippen molar-refractivity contribution in [1.29, 1.82) is 0 Å². The Kier molecular flexibility index (Phi) is 4.53. The molecule has 0 aliphatic heterocycles. The number of hydrogen-bond donors (Lipinski definition) is 1. The fourth-order valence-corrected chi connectivity index (χ4v) is 2.87. The Morgan fingerprint density at radius 2 is 1.90 bits per heavy atom. The second-order valence-electron chi connectivity index (χ2n) is 6.25. The van der Waals surface area contributed by atoms with Crippen molar-refractivity contribution in [1.82, 2.24) is 24.5 Å². The van der Waals surface area contributed by atoms with Crippen molar-refractivity contribution in [2.24, 2.45) is 7.05 Å². The molecule has 3 aromatic heterocycles. The Hall–Kier alpha value is -3.69. The number of pyridine rings is 1. The van der Waals surface area contributed by atoms with Crippen LogP contribution in [0.5, 0.6) is 11.9 Å². The molecule has 0 aliphatic rings. The SMILES string of the molecule is Cn1cnc(-c2nccc3c(O)nc(OCc4ccccc4C(F)(F)F)nc23)c1. The highest BCUT2D eigenvalue weighted by molar-refractivity contribution is 5.93. The van der Waals surface area contributed by atoms with Gasteiger partial charge in [0.05, 0.1) is 17.3 Å². The van der Waals surface area contributed by atoms with Gasteiger partial charge in [0.2, 0.25) is 5.88 Å². The molecular formula is C19H14F3N5O2. The minimum atomic E-state index is -4.51. The molecular weight excluding hydrogens is 387 g/mol. The Bertz CT molecular complexity index is 1190. The standard InChI is InChI=1S/C19H14F3N5O2/c1-27-8-14(24-10-27)16-15-12(6-7-23-16)17(28)26-18(25-15)29-9-11-4-2-3-5-13(11)19(20,21)22/h2-8,10H,9H2,1H3,(H,25,26,28). The third kappa shape index (κ3) is 3.68. The van der Waals surface area contributed by atoms with Crippen LogP contribution >= 0.6 is 0 Å². The van der Waals surface area contributed by atoms with Gasteiger partial charge in [-0.25, -0.2) is 4.98 Å². The van der Waals surface area contributed by atoms with E-state index in [1.165, 1.54) is 30.5 Å². The van der Waals surface area contributed by atoms with Gasteiger partial charge in [-0.1, -0.05) is 18.2 Å². The fourth-order valence-electron chi connectivity index (χ4n) is 2.87. The van der Waals surface area contributed by atoms with Gasteiger partial charge in [0, 0.05) is 25.0 Å². The Morgan fingerprint density at radius 3 is 2.62 bits per heavy atom. The third-order valence-electron chi connectivity index (χ3n) is 4.20. The molecule has 0 atom stereocenters. The van der Waals surface area contributed by atoms with Crippen LogP contribution in [0.4, 0.5) is 13.2 Å². The Balaban J connectivity index is 1.71. The number of hydrogen-bond acceptors (Lipinski definition) is 6. The monoisotopic (exact) mass is 401 g/mol. The van der Waals surface area contributed by atoms with E-state index in [4.69, 9.17) is 4.74 Å². The molecule has 0 bridgehead atoms. The molecule has 1 N–H and O–H groups in total. The average Bonchev–Trinajstić information content (AvgIpc) is 3.12. The summed E-state index contributed by atoms with van der Waals surface area (Å²) in [7, 11) is 1.79. The Morgan fingerprint density at radius 1 is 1.10 bits per heavy atom. The molecule has 7 nitrogen and oxygen atoms in total. The van der Waals surface area contributed by atoms with Gasteiger partial charge in [0.15, 0.2) is 0 Å². The van der Waals surface area contributed by atoms with Crippen LogP contribution < -0.4 is 4.74 Å². The number of halogens is 3. The maximum absolute atomic E-state index is 13.1. The minimum Gasteiger partial charge on any atom is -0.493 e. The first-order valence-corrected chi connectivity index (χ1v) is 8.45. The number of aromatic nitrogens is 5. The highest BCUT2D eigenvalue weighted by Gasteiger charge is 2.33. The maximum Gasteiger partial charge on any atom is 0.416 e. The number of nitrogens with zero attached hydrogens (tertiary/aromatic N) is 5. The molecule has 0 saturated heterocycles. The predicted molar refractivity (Wildman–Crippen MR) is 97.0 cm³/mol. The van der Waals surface area contributed by atoms with Crippen molar-refractivity contribution in [2.75, 3.05) is 0 Å². The van der Waals surface area contributed by atoms with Crippen LogP contribution in [0.2, 0.25) is 0 Å². The summed E-state index contributed by atoms with van der Waals surface area (Å²) >= 11 is 0. The van der Waals surface area contributed by atoms with Crippen molar-refractivity contribution in [3.05, 3.63) is 60.2 Å². The van der Waals surface area contributed by atoms with E-state index < -0.39 is 18.3 Å². The topological polar surface area (TPSA) is 86.0 Å². The number of imidazole rings is 1. The van der Waals surface area contributed by atoms with Crippen LogP contribution in [0.1, 0.15) is 11.1 Å². The first-order chi connectivity index (χ1) is 13.8.